The van der Waals surface area contributed by atoms with Crippen LogP contribution in [0.25, 0.3) is 0 Å². The van der Waals surface area contributed by atoms with E-state index in [0.717, 1.165) is 17.6 Å². The molecule has 0 aliphatic rings. The summed E-state index contributed by atoms with van der Waals surface area (Å²) < 4.78 is 6.19. The van der Waals surface area contributed by atoms with Gasteiger partial charge in [0.15, 0.2) is 0 Å². The molecule has 0 aromatic heterocycles. The highest BCUT2D eigenvalue weighted by Gasteiger charge is 2.17. The van der Waals surface area contributed by atoms with Crippen LogP contribution in [0.2, 0.25) is 0 Å². The van der Waals surface area contributed by atoms with E-state index in [2.05, 4.69) is 38.4 Å². The molecular formula is C13H20NO+. The zero-order valence-electron chi connectivity index (χ0n) is 9.81. The first-order chi connectivity index (χ1) is 7.17. The molecule has 0 fully saturated rings. The molecule has 0 aliphatic carbocycles. The second-order valence-corrected chi connectivity index (χ2v) is 4.08. The molecule has 15 heavy (non-hydrogen) atoms. The van der Waals surface area contributed by atoms with E-state index < -0.39 is 0 Å². The molecule has 0 N–H and O–H groups in total. The van der Waals surface area contributed by atoms with Crippen LogP contribution in [-0.4, -0.2) is 27.2 Å². The van der Waals surface area contributed by atoms with Gasteiger partial charge in [-0.05, 0) is 19.1 Å². The van der Waals surface area contributed by atoms with Gasteiger partial charge < -0.3 is 4.74 Å². The number of ether oxygens (including phenoxy) is 1. The molecule has 82 valence electrons. The van der Waals surface area contributed by atoms with Gasteiger partial charge >= 0.3 is 0 Å². The molecular weight excluding hydrogens is 186 g/mol. The third-order valence-electron chi connectivity index (χ3n) is 2.46. The zero-order chi connectivity index (χ0) is 11.1. The molecule has 0 radical (unpaired) electrons. The number of benzene rings is 1. The Morgan fingerprint density at radius 3 is 2.47 bits per heavy atom. The standard InChI is InChI=1S/C13H20NO/c1-4-11-15-12-10-14(2,3)13-8-6-5-7-9-13/h4-9,11H,10,12H2,1-3H3/q+1. The summed E-state index contributed by atoms with van der Waals surface area (Å²) in [6.07, 6.45) is 3.65. The van der Waals surface area contributed by atoms with Crippen molar-refractivity contribution >= 4 is 5.69 Å². The van der Waals surface area contributed by atoms with Gasteiger partial charge in [0.25, 0.3) is 0 Å². The largest absolute Gasteiger partial charge is 0.496 e. The van der Waals surface area contributed by atoms with Gasteiger partial charge in [0.1, 0.15) is 18.8 Å². The van der Waals surface area contributed by atoms with Crippen molar-refractivity contribution in [3.8, 4) is 0 Å². The summed E-state index contributed by atoms with van der Waals surface area (Å²) in [6, 6.07) is 10.5. The molecule has 0 saturated heterocycles. The first kappa shape index (κ1) is 11.8. The number of hydrogen-bond acceptors (Lipinski definition) is 1. The second kappa shape index (κ2) is 5.56. The van der Waals surface area contributed by atoms with E-state index in [1.807, 2.05) is 19.1 Å². The van der Waals surface area contributed by atoms with Crippen molar-refractivity contribution in [2.45, 2.75) is 6.92 Å². The molecule has 0 heterocycles. The first-order valence-electron chi connectivity index (χ1n) is 5.28. The van der Waals surface area contributed by atoms with Gasteiger partial charge in [-0.15, -0.1) is 0 Å². The van der Waals surface area contributed by atoms with Gasteiger partial charge in [-0.3, -0.25) is 4.48 Å². The Morgan fingerprint density at radius 2 is 1.87 bits per heavy atom. The van der Waals surface area contributed by atoms with Gasteiger partial charge in [0.05, 0.1) is 20.4 Å². The molecule has 0 saturated carbocycles. The van der Waals surface area contributed by atoms with Gasteiger partial charge in [0, 0.05) is 0 Å². The van der Waals surface area contributed by atoms with E-state index in [1.54, 1.807) is 6.26 Å². The topological polar surface area (TPSA) is 9.23 Å². The number of nitrogens with zero attached hydrogens (tertiary/aromatic N) is 1. The summed E-state index contributed by atoms with van der Waals surface area (Å²) in [6.45, 7) is 3.66. The highest BCUT2D eigenvalue weighted by atomic mass is 16.5. The SMILES string of the molecule is CC=COCC[N+](C)(C)c1ccccc1. The second-order valence-electron chi connectivity index (χ2n) is 4.08. The van der Waals surface area contributed by atoms with Crippen LogP contribution in [0.5, 0.6) is 0 Å². The molecule has 0 spiro atoms. The van der Waals surface area contributed by atoms with Crippen molar-refractivity contribution < 1.29 is 4.74 Å². The van der Waals surface area contributed by atoms with Crippen molar-refractivity contribution in [1.82, 2.24) is 4.48 Å². The normalized spacial score (nSPS) is 11.9. The molecule has 0 unspecified atom stereocenters. The highest BCUT2D eigenvalue weighted by molar-refractivity contribution is 5.40. The van der Waals surface area contributed by atoms with Crippen molar-refractivity contribution in [3.05, 3.63) is 42.7 Å². The van der Waals surface area contributed by atoms with E-state index in [-0.39, 0.29) is 0 Å². The minimum atomic E-state index is 0.742. The molecule has 0 bridgehead atoms. The van der Waals surface area contributed by atoms with Gasteiger partial charge in [-0.25, -0.2) is 0 Å². The molecule has 1 aromatic carbocycles. The fraction of sp³-hybridized carbons (Fsp3) is 0.385. The number of para-hydroxylation sites is 1. The Morgan fingerprint density at radius 1 is 1.20 bits per heavy atom. The van der Waals surface area contributed by atoms with Crippen molar-refractivity contribution in [3.63, 3.8) is 0 Å². The molecule has 0 atom stereocenters. The quantitative estimate of drug-likeness (QED) is 0.409. The summed E-state index contributed by atoms with van der Waals surface area (Å²) in [7, 11) is 4.38. The maximum absolute atomic E-state index is 5.34. The summed E-state index contributed by atoms with van der Waals surface area (Å²) in [5.41, 5.74) is 1.31. The number of likely N-dealkylation sites (N-methyl/N-ethyl adjacent to an activating group) is 1. The van der Waals surface area contributed by atoms with E-state index in [0.29, 0.717) is 0 Å². The Balaban J connectivity index is 2.52. The maximum Gasteiger partial charge on any atom is 0.137 e. The molecule has 0 aliphatic heterocycles. The van der Waals surface area contributed by atoms with E-state index in [9.17, 15) is 0 Å². The summed E-state index contributed by atoms with van der Waals surface area (Å²) >= 11 is 0. The molecule has 1 aromatic rings. The lowest BCUT2D eigenvalue weighted by molar-refractivity contribution is 0.212. The number of rotatable bonds is 5. The Kier molecular flexibility index (Phi) is 4.37. The van der Waals surface area contributed by atoms with Crippen molar-refractivity contribution in [2.24, 2.45) is 0 Å². The fourth-order valence-electron chi connectivity index (χ4n) is 1.41. The average Bonchev–Trinajstić information content (AvgIpc) is 2.26. The highest BCUT2D eigenvalue weighted by Crippen LogP contribution is 2.17. The van der Waals surface area contributed by atoms with Gasteiger partial charge in [0.2, 0.25) is 0 Å². The Labute approximate surface area is 92.4 Å². The van der Waals surface area contributed by atoms with Crippen LogP contribution in [0.15, 0.2) is 42.7 Å². The summed E-state index contributed by atoms with van der Waals surface area (Å²) in [4.78, 5) is 0. The van der Waals surface area contributed by atoms with E-state index in [4.69, 9.17) is 4.74 Å². The zero-order valence-corrected chi connectivity index (χ0v) is 9.81. The first-order valence-corrected chi connectivity index (χ1v) is 5.28. The lowest BCUT2D eigenvalue weighted by Crippen LogP contribution is -2.43. The number of hydrogen-bond donors (Lipinski definition) is 0. The molecule has 2 heteroatoms. The summed E-state index contributed by atoms with van der Waals surface area (Å²) in [5.74, 6) is 0. The van der Waals surface area contributed by atoms with Crippen LogP contribution in [0.1, 0.15) is 6.92 Å². The smallest absolute Gasteiger partial charge is 0.137 e. The number of allylic oxidation sites excluding steroid dienone is 1. The van der Waals surface area contributed by atoms with Gasteiger partial charge in [-0.1, -0.05) is 24.3 Å². The van der Waals surface area contributed by atoms with E-state index in [1.165, 1.54) is 5.69 Å². The molecule has 1 rings (SSSR count). The van der Waals surface area contributed by atoms with Crippen molar-refractivity contribution in [2.75, 3.05) is 27.2 Å². The van der Waals surface area contributed by atoms with Crippen LogP contribution in [0, 0.1) is 0 Å². The predicted octanol–water partition coefficient (Wildman–Crippen LogP) is 2.80. The summed E-state index contributed by atoms with van der Waals surface area (Å²) in [5, 5.41) is 0. The monoisotopic (exact) mass is 206 g/mol. The average molecular weight is 206 g/mol. The maximum atomic E-state index is 5.34. The predicted molar refractivity (Wildman–Crippen MR) is 65.7 cm³/mol. The van der Waals surface area contributed by atoms with Crippen LogP contribution in [0.3, 0.4) is 0 Å². The number of quaternary nitrogens is 1. The van der Waals surface area contributed by atoms with Crippen LogP contribution in [0.4, 0.5) is 5.69 Å². The Bertz CT molecular complexity index is 304. The minimum Gasteiger partial charge on any atom is -0.496 e. The molecule has 2 nitrogen and oxygen atoms in total. The lowest BCUT2D eigenvalue weighted by atomic mass is 10.2. The van der Waals surface area contributed by atoms with Crippen molar-refractivity contribution in [1.29, 1.82) is 0 Å². The van der Waals surface area contributed by atoms with Crippen LogP contribution in [-0.2, 0) is 4.74 Å². The third kappa shape index (κ3) is 3.76. The fourth-order valence-corrected chi connectivity index (χ4v) is 1.41. The van der Waals surface area contributed by atoms with Gasteiger partial charge in [-0.2, -0.15) is 0 Å². The lowest BCUT2D eigenvalue weighted by Gasteiger charge is -2.28. The van der Waals surface area contributed by atoms with Crippen LogP contribution < -0.4 is 4.48 Å². The molecule has 0 amide bonds. The van der Waals surface area contributed by atoms with E-state index >= 15 is 0 Å². The third-order valence-corrected chi connectivity index (χ3v) is 2.46. The minimum absolute atomic E-state index is 0.742. The Hall–Kier alpha value is -1.28. The van der Waals surface area contributed by atoms with Crippen LogP contribution >= 0.6 is 0 Å².